The normalized spacial score (nSPS) is 21.1. The second-order valence-electron chi connectivity index (χ2n) is 3.18. The van der Waals surface area contributed by atoms with Crippen molar-refractivity contribution in [3.63, 3.8) is 0 Å². The number of alkyl halides is 2. The summed E-state index contributed by atoms with van der Waals surface area (Å²) in [5.41, 5.74) is 0. The van der Waals surface area contributed by atoms with E-state index >= 15 is 0 Å². The van der Waals surface area contributed by atoms with E-state index in [-0.39, 0.29) is 0 Å². The highest BCUT2D eigenvalue weighted by atomic mass is 79.9. The summed E-state index contributed by atoms with van der Waals surface area (Å²) in [6.07, 6.45) is -1.27. The topological polar surface area (TPSA) is 95.5 Å². The van der Waals surface area contributed by atoms with Crippen LogP contribution in [0.1, 0.15) is 13.8 Å². The number of methoxy groups -OCH3 is 1. The van der Waals surface area contributed by atoms with Gasteiger partial charge in [-0.3, -0.25) is 20.2 Å². The van der Waals surface area contributed by atoms with Crippen molar-refractivity contribution >= 4 is 31.9 Å². The zero-order valence-corrected chi connectivity index (χ0v) is 11.4. The Morgan fingerprint density at radius 1 is 1.13 bits per heavy atom. The summed E-state index contributed by atoms with van der Waals surface area (Å²) in [5, 5.41) is 21.5. The highest BCUT2D eigenvalue weighted by molar-refractivity contribution is 9.10. The van der Waals surface area contributed by atoms with Gasteiger partial charge >= 0.3 is 8.90 Å². The fourth-order valence-electron chi connectivity index (χ4n) is 1.10. The van der Waals surface area contributed by atoms with Crippen molar-refractivity contribution in [1.82, 2.24) is 0 Å². The van der Waals surface area contributed by atoms with Crippen molar-refractivity contribution < 1.29 is 14.6 Å². The largest absolute Gasteiger partial charge is 0.366 e. The summed E-state index contributed by atoms with van der Waals surface area (Å²) in [4.78, 5) is 20.1. The van der Waals surface area contributed by atoms with E-state index in [0.29, 0.717) is 0 Å². The number of hydrogen-bond acceptors (Lipinski definition) is 5. The van der Waals surface area contributed by atoms with Gasteiger partial charge in [0.05, 0.1) is 0 Å². The third kappa shape index (κ3) is 2.85. The molecule has 0 aliphatic rings. The molecule has 0 radical (unpaired) electrons. The molecule has 15 heavy (non-hydrogen) atoms. The predicted octanol–water partition coefficient (Wildman–Crippen LogP) is 1.78. The first-order valence-electron chi connectivity index (χ1n) is 3.78. The lowest BCUT2D eigenvalue weighted by atomic mass is 10.1. The van der Waals surface area contributed by atoms with Gasteiger partial charge in [0.1, 0.15) is 0 Å². The first kappa shape index (κ1) is 14.7. The van der Waals surface area contributed by atoms with Crippen LogP contribution in [-0.4, -0.2) is 32.0 Å². The van der Waals surface area contributed by atoms with Gasteiger partial charge in [0.2, 0.25) is 6.10 Å². The maximum atomic E-state index is 10.7. The monoisotopic (exact) mass is 348 g/mol. The highest BCUT2D eigenvalue weighted by Crippen LogP contribution is 2.37. The van der Waals surface area contributed by atoms with E-state index in [0.717, 1.165) is 0 Å². The Labute approximate surface area is 103 Å². The maximum absolute atomic E-state index is 10.7. The van der Waals surface area contributed by atoms with E-state index < -0.39 is 24.8 Å². The molecule has 0 saturated heterocycles. The third-order valence-electron chi connectivity index (χ3n) is 1.91. The molecule has 0 aliphatic carbocycles. The molecular weight excluding hydrogens is 340 g/mol. The van der Waals surface area contributed by atoms with Crippen molar-refractivity contribution in [2.24, 2.45) is 0 Å². The summed E-state index contributed by atoms with van der Waals surface area (Å²) < 4.78 is 1.34. The van der Waals surface area contributed by atoms with Gasteiger partial charge in [-0.25, -0.2) is 0 Å². The van der Waals surface area contributed by atoms with Crippen LogP contribution < -0.4 is 0 Å². The van der Waals surface area contributed by atoms with Gasteiger partial charge in [-0.05, 0) is 0 Å². The first-order chi connectivity index (χ1) is 6.58. The molecule has 3 atom stereocenters. The second-order valence-corrected chi connectivity index (χ2v) is 6.39. The molecule has 9 heteroatoms. The molecule has 0 fully saturated rings. The molecule has 0 spiro atoms. The molecule has 0 amide bonds. The van der Waals surface area contributed by atoms with Crippen LogP contribution in [0.4, 0.5) is 0 Å². The Morgan fingerprint density at radius 2 is 1.40 bits per heavy atom. The fourth-order valence-corrected chi connectivity index (χ4v) is 2.68. The van der Waals surface area contributed by atoms with Gasteiger partial charge in [0, 0.05) is 62.7 Å². The predicted molar refractivity (Wildman–Crippen MR) is 59.4 cm³/mol. The standard InChI is InChI=1S/C6H10Br2N2O5/c1-5(7,9(11)12)4(15-3)6(2,8)10(13)14/h4H,1-3H3/t4?,5-,6+. The Morgan fingerprint density at radius 3 is 1.53 bits per heavy atom. The van der Waals surface area contributed by atoms with Crippen LogP contribution >= 0.6 is 31.9 Å². The van der Waals surface area contributed by atoms with E-state index in [1.165, 1.54) is 21.0 Å². The van der Waals surface area contributed by atoms with Gasteiger partial charge in [-0.1, -0.05) is 0 Å². The van der Waals surface area contributed by atoms with E-state index in [2.05, 4.69) is 31.9 Å². The number of ether oxygens (including phenoxy) is 1. The van der Waals surface area contributed by atoms with Gasteiger partial charge in [-0.15, -0.1) is 0 Å². The Bertz CT molecular complexity index is 255. The Balaban J connectivity index is 5.25. The lowest BCUT2D eigenvalue weighted by Crippen LogP contribution is -2.55. The number of nitrogens with zero attached hydrogens (tertiary/aromatic N) is 2. The molecule has 0 aromatic rings. The van der Waals surface area contributed by atoms with Crippen LogP contribution in [0.2, 0.25) is 0 Å². The quantitative estimate of drug-likeness (QED) is 0.326. The van der Waals surface area contributed by atoms with E-state index in [9.17, 15) is 20.2 Å². The number of halogens is 2. The molecule has 0 aromatic carbocycles. The first-order valence-corrected chi connectivity index (χ1v) is 5.36. The van der Waals surface area contributed by atoms with Gasteiger partial charge in [0.15, 0.2) is 0 Å². The minimum atomic E-state index is -1.74. The molecule has 0 saturated carbocycles. The summed E-state index contributed by atoms with van der Waals surface area (Å²) in [6.45, 7) is 2.40. The van der Waals surface area contributed by atoms with E-state index in [1.54, 1.807) is 0 Å². The molecule has 0 N–H and O–H groups in total. The van der Waals surface area contributed by atoms with Crippen molar-refractivity contribution in [2.45, 2.75) is 28.8 Å². The lowest BCUT2D eigenvalue weighted by Gasteiger charge is -2.29. The third-order valence-corrected chi connectivity index (χ3v) is 3.32. The molecule has 1 unspecified atom stereocenters. The molecule has 0 bridgehead atoms. The van der Waals surface area contributed by atoms with Crippen LogP contribution in [0, 0.1) is 20.2 Å². The van der Waals surface area contributed by atoms with Crippen LogP contribution in [-0.2, 0) is 4.74 Å². The summed E-state index contributed by atoms with van der Waals surface area (Å²) >= 11 is 5.64. The van der Waals surface area contributed by atoms with Crippen molar-refractivity contribution in [1.29, 1.82) is 0 Å². The van der Waals surface area contributed by atoms with E-state index in [1.807, 2.05) is 0 Å². The van der Waals surface area contributed by atoms with Crippen molar-refractivity contribution in [3.8, 4) is 0 Å². The summed E-state index contributed by atoms with van der Waals surface area (Å²) in [5.74, 6) is 0. The average molecular weight is 350 g/mol. The summed E-state index contributed by atoms with van der Waals surface area (Å²) in [6, 6.07) is 0. The molecule has 0 aromatic heterocycles. The molecule has 0 rings (SSSR count). The number of hydrogen-bond donors (Lipinski definition) is 0. The van der Waals surface area contributed by atoms with Crippen molar-refractivity contribution in [3.05, 3.63) is 20.2 Å². The SMILES string of the molecule is COC([C@](C)(Br)[N+](=O)[O-])[C@@](C)(Br)[N+](=O)[O-]. The van der Waals surface area contributed by atoms with E-state index in [4.69, 9.17) is 4.74 Å². The molecular formula is C6H10Br2N2O5. The van der Waals surface area contributed by atoms with Gasteiger partial charge in [-0.2, -0.15) is 0 Å². The second kappa shape index (κ2) is 4.71. The fraction of sp³-hybridized carbons (Fsp3) is 1.00. The highest BCUT2D eigenvalue weighted by Gasteiger charge is 2.59. The minimum absolute atomic E-state index is 0.676. The molecule has 0 aliphatic heterocycles. The smallest absolute Gasteiger partial charge is 0.305 e. The van der Waals surface area contributed by atoms with Crippen molar-refractivity contribution in [2.75, 3.05) is 7.11 Å². The summed E-state index contributed by atoms with van der Waals surface area (Å²) in [7, 11) is 1.18. The van der Waals surface area contributed by atoms with Crippen LogP contribution in [0.5, 0.6) is 0 Å². The Kier molecular flexibility index (Phi) is 4.62. The maximum Gasteiger partial charge on any atom is 0.305 e. The van der Waals surface area contributed by atoms with Gasteiger partial charge in [0.25, 0.3) is 0 Å². The van der Waals surface area contributed by atoms with Crippen LogP contribution in [0.25, 0.3) is 0 Å². The van der Waals surface area contributed by atoms with Gasteiger partial charge < -0.3 is 4.74 Å². The minimum Gasteiger partial charge on any atom is -0.366 e. The lowest BCUT2D eigenvalue weighted by molar-refractivity contribution is -0.589. The average Bonchev–Trinajstić information content (AvgIpc) is 2.03. The Hall–Kier alpha value is -0.280. The molecule has 0 heterocycles. The zero-order chi connectivity index (χ0) is 12.4. The van der Waals surface area contributed by atoms with Crippen LogP contribution in [0.15, 0.2) is 0 Å². The zero-order valence-electron chi connectivity index (χ0n) is 8.27. The number of nitro groups is 2. The molecule has 88 valence electrons. The number of rotatable bonds is 5. The molecule has 7 nitrogen and oxygen atoms in total. The van der Waals surface area contributed by atoms with Crippen LogP contribution in [0.3, 0.4) is 0 Å².